The molecule has 0 radical (unpaired) electrons. The first-order chi connectivity index (χ1) is 11.4. The van der Waals surface area contributed by atoms with Gasteiger partial charge in [-0.05, 0) is 40.7 Å². The van der Waals surface area contributed by atoms with Gasteiger partial charge in [0.1, 0.15) is 0 Å². The highest BCUT2D eigenvalue weighted by Crippen LogP contribution is 2.35. The van der Waals surface area contributed by atoms with Crippen molar-refractivity contribution in [1.82, 2.24) is 10.3 Å². The number of carbonyl (C=O) groups is 1. The van der Waals surface area contributed by atoms with E-state index in [1.807, 2.05) is 18.2 Å². The van der Waals surface area contributed by atoms with Crippen molar-refractivity contribution in [2.24, 2.45) is 0 Å². The third-order valence-corrected chi connectivity index (χ3v) is 4.87. The average molecular weight is 318 g/mol. The standard InChI is InChI=1S/C21H22N2O/c1-21(2,3)14-9-7-13(8-10-14)19-15-11-12-22-20(24)16-5-4-6-17(23-19)18(15)16/h4-10,23H,11-12H2,1-3H3,(H,22,24). The van der Waals surface area contributed by atoms with Gasteiger partial charge in [0, 0.05) is 28.7 Å². The maximum absolute atomic E-state index is 12.3. The Bertz CT molecular complexity index is 927. The third kappa shape index (κ3) is 2.32. The van der Waals surface area contributed by atoms with Gasteiger partial charge >= 0.3 is 0 Å². The molecule has 1 aliphatic rings. The van der Waals surface area contributed by atoms with Gasteiger partial charge < -0.3 is 10.3 Å². The van der Waals surface area contributed by atoms with E-state index in [0.717, 1.165) is 28.6 Å². The van der Waals surface area contributed by atoms with Crippen molar-refractivity contribution in [3.05, 3.63) is 59.2 Å². The first-order valence-electron chi connectivity index (χ1n) is 8.48. The fourth-order valence-electron chi connectivity index (χ4n) is 3.54. The Morgan fingerprint density at radius 2 is 1.75 bits per heavy atom. The Balaban J connectivity index is 1.90. The zero-order valence-electron chi connectivity index (χ0n) is 14.4. The van der Waals surface area contributed by atoms with Crippen molar-refractivity contribution in [2.45, 2.75) is 32.6 Å². The Hall–Kier alpha value is -2.55. The highest BCUT2D eigenvalue weighted by Gasteiger charge is 2.22. The molecule has 0 saturated heterocycles. The number of aromatic nitrogens is 1. The van der Waals surface area contributed by atoms with Crippen LogP contribution < -0.4 is 5.32 Å². The second kappa shape index (κ2) is 5.23. The summed E-state index contributed by atoms with van der Waals surface area (Å²) in [5, 5.41) is 4.06. The number of amides is 1. The molecule has 0 bridgehead atoms. The first kappa shape index (κ1) is 15.0. The highest BCUT2D eigenvalue weighted by molar-refractivity contribution is 6.10. The van der Waals surface area contributed by atoms with Crippen LogP contribution in [0.25, 0.3) is 22.2 Å². The topological polar surface area (TPSA) is 44.9 Å². The van der Waals surface area contributed by atoms with Crippen LogP contribution in [0, 0.1) is 0 Å². The van der Waals surface area contributed by atoms with Gasteiger partial charge in [-0.15, -0.1) is 0 Å². The zero-order chi connectivity index (χ0) is 16.9. The van der Waals surface area contributed by atoms with Gasteiger partial charge in [-0.1, -0.05) is 51.1 Å². The van der Waals surface area contributed by atoms with Gasteiger partial charge in [0.05, 0.1) is 0 Å². The number of benzene rings is 2. The van der Waals surface area contributed by atoms with Gasteiger partial charge in [0.15, 0.2) is 0 Å². The summed E-state index contributed by atoms with van der Waals surface area (Å²) in [6.45, 7) is 7.35. The number of carbonyl (C=O) groups excluding carboxylic acids is 1. The molecule has 122 valence electrons. The van der Waals surface area contributed by atoms with E-state index in [1.54, 1.807) is 0 Å². The van der Waals surface area contributed by atoms with Crippen molar-refractivity contribution < 1.29 is 4.79 Å². The molecule has 2 heterocycles. The van der Waals surface area contributed by atoms with Crippen LogP contribution >= 0.6 is 0 Å². The molecular formula is C21H22N2O. The highest BCUT2D eigenvalue weighted by atomic mass is 16.1. The molecule has 3 aromatic rings. The minimum atomic E-state index is 0.0213. The largest absolute Gasteiger partial charge is 0.354 e. The molecule has 24 heavy (non-hydrogen) atoms. The molecule has 0 atom stereocenters. The average Bonchev–Trinajstić information content (AvgIpc) is 2.83. The molecule has 1 aliphatic heterocycles. The van der Waals surface area contributed by atoms with Crippen LogP contribution in [0.4, 0.5) is 0 Å². The Labute approximate surface area is 142 Å². The fraction of sp³-hybridized carbons (Fsp3) is 0.286. The summed E-state index contributed by atoms with van der Waals surface area (Å²) in [4.78, 5) is 15.8. The minimum absolute atomic E-state index is 0.0213. The lowest BCUT2D eigenvalue weighted by molar-refractivity contribution is 0.0957. The monoisotopic (exact) mass is 318 g/mol. The molecule has 0 unspecified atom stereocenters. The van der Waals surface area contributed by atoms with E-state index >= 15 is 0 Å². The first-order valence-corrected chi connectivity index (χ1v) is 8.48. The summed E-state index contributed by atoms with van der Waals surface area (Å²) in [6.07, 6.45) is 0.846. The SMILES string of the molecule is CC(C)(C)c1ccc(-c2[nH]c3cccc4c3c2CCNC4=O)cc1. The van der Waals surface area contributed by atoms with Crippen molar-refractivity contribution in [1.29, 1.82) is 0 Å². The molecule has 3 heteroatoms. The van der Waals surface area contributed by atoms with E-state index in [1.165, 1.54) is 16.7 Å². The smallest absolute Gasteiger partial charge is 0.251 e. The molecule has 0 saturated carbocycles. The molecule has 0 aliphatic carbocycles. The quantitative estimate of drug-likeness (QED) is 0.685. The second-order valence-electron chi connectivity index (χ2n) is 7.54. The lowest BCUT2D eigenvalue weighted by atomic mass is 9.86. The van der Waals surface area contributed by atoms with Crippen LogP contribution in [0.5, 0.6) is 0 Å². The fourth-order valence-corrected chi connectivity index (χ4v) is 3.54. The van der Waals surface area contributed by atoms with E-state index in [9.17, 15) is 4.79 Å². The van der Waals surface area contributed by atoms with Crippen LogP contribution in [0.1, 0.15) is 42.3 Å². The summed E-state index contributed by atoms with van der Waals surface area (Å²) in [6, 6.07) is 14.7. The van der Waals surface area contributed by atoms with Gasteiger partial charge in [0.25, 0.3) is 5.91 Å². The summed E-state index contributed by atoms with van der Waals surface area (Å²) >= 11 is 0. The maximum Gasteiger partial charge on any atom is 0.251 e. The molecule has 1 aromatic heterocycles. The summed E-state index contributed by atoms with van der Waals surface area (Å²) in [5.41, 5.74) is 6.83. The van der Waals surface area contributed by atoms with Crippen molar-refractivity contribution in [2.75, 3.05) is 6.54 Å². The number of H-pyrrole nitrogens is 1. The number of hydrogen-bond donors (Lipinski definition) is 2. The van der Waals surface area contributed by atoms with Crippen molar-refractivity contribution in [3.8, 4) is 11.3 Å². The molecule has 2 N–H and O–H groups in total. The molecule has 2 aromatic carbocycles. The number of aromatic amines is 1. The number of rotatable bonds is 1. The van der Waals surface area contributed by atoms with E-state index in [2.05, 4.69) is 55.3 Å². The van der Waals surface area contributed by atoms with Gasteiger partial charge in [-0.3, -0.25) is 4.79 Å². The molecule has 0 spiro atoms. The van der Waals surface area contributed by atoms with E-state index in [4.69, 9.17) is 0 Å². The summed E-state index contributed by atoms with van der Waals surface area (Å²) in [7, 11) is 0. The predicted octanol–water partition coefficient (Wildman–Crippen LogP) is 4.42. The summed E-state index contributed by atoms with van der Waals surface area (Å²) < 4.78 is 0. The lowest BCUT2D eigenvalue weighted by Crippen LogP contribution is -2.23. The maximum atomic E-state index is 12.3. The van der Waals surface area contributed by atoms with Crippen molar-refractivity contribution >= 4 is 16.8 Å². The van der Waals surface area contributed by atoms with Gasteiger partial charge in [-0.25, -0.2) is 0 Å². The zero-order valence-corrected chi connectivity index (χ0v) is 14.4. The van der Waals surface area contributed by atoms with E-state index < -0.39 is 0 Å². The van der Waals surface area contributed by atoms with E-state index in [0.29, 0.717) is 6.54 Å². The van der Waals surface area contributed by atoms with Crippen LogP contribution in [0.15, 0.2) is 42.5 Å². The van der Waals surface area contributed by atoms with Crippen molar-refractivity contribution in [3.63, 3.8) is 0 Å². The third-order valence-electron chi connectivity index (χ3n) is 4.87. The lowest BCUT2D eigenvalue weighted by Gasteiger charge is -2.19. The van der Waals surface area contributed by atoms with Gasteiger partial charge in [0.2, 0.25) is 0 Å². The minimum Gasteiger partial charge on any atom is -0.354 e. The van der Waals surface area contributed by atoms with E-state index in [-0.39, 0.29) is 11.3 Å². The Morgan fingerprint density at radius 3 is 2.46 bits per heavy atom. The Morgan fingerprint density at radius 1 is 1.00 bits per heavy atom. The second-order valence-corrected chi connectivity index (χ2v) is 7.54. The molecule has 1 amide bonds. The predicted molar refractivity (Wildman–Crippen MR) is 98.5 cm³/mol. The molecular weight excluding hydrogens is 296 g/mol. The number of hydrogen-bond acceptors (Lipinski definition) is 1. The van der Waals surface area contributed by atoms with Crippen LogP contribution in [-0.2, 0) is 11.8 Å². The van der Waals surface area contributed by atoms with Gasteiger partial charge in [-0.2, -0.15) is 0 Å². The number of nitrogens with one attached hydrogen (secondary N) is 2. The van der Waals surface area contributed by atoms with Crippen LogP contribution in [0.2, 0.25) is 0 Å². The summed E-state index contributed by atoms with van der Waals surface area (Å²) in [5.74, 6) is 0.0213. The Kier molecular flexibility index (Phi) is 3.27. The molecule has 0 fully saturated rings. The molecule has 3 nitrogen and oxygen atoms in total. The van der Waals surface area contributed by atoms with Crippen LogP contribution in [0.3, 0.4) is 0 Å². The normalized spacial score (nSPS) is 14.5. The molecule has 4 rings (SSSR count). The van der Waals surface area contributed by atoms with Crippen LogP contribution in [-0.4, -0.2) is 17.4 Å².